The smallest absolute Gasteiger partial charge is 0.333 e. The lowest BCUT2D eigenvalue weighted by Crippen LogP contribution is -2.65. The minimum Gasteiger partial charge on any atom is -0.454 e. The number of quaternary nitrogens is 1. The van der Waals surface area contributed by atoms with Crippen LogP contribution in [0.2, 0.25) is 0 Å². The van der Waals surface area contributed by atoms with Crippen LogP contribution in [-0.4, -0.2) is 55.6 Å². The van der Waals surface area contributed by atoms with Crippen molar-refractivity contribution in [1.29, 1.82) is 0 Å². The van der Waals surface area contributed by atoms with E-state index in [4.69, 9.17) is 4.74 Å². The summed E-state index contributed by atoms with van der Waals surface area (Å²) in [7, 11) is 1.94. The molecule has 2 aromatic carbocycles. The molecule has 3 saturated heterocycles. The maximum atomic E-state index is 13.7. The number of anilines is 1. The number of rotatable bonds is 8. The van der Waals surface area contributed by atoms with E-state index in [2.05, 4.69) is 0 Å². The summed E-state index contributed by atoms with van der Waals surface area (Å²) >= 11 is 1.51. The van der Waals surface area contributed by atoms with E-state index in [1.807, 2.05) is 90.1 Å². The van der Waals surface area contributed by atoms with E-state index in [1.54, 1.807) is 0 Å². The van der Waals surface area contributed by atoms with E-state index in [1.165, 1.54) is 11.3 Å². The second-order valence-corrected chi connectivity index (χ2v) is 10.6. The second-order valence-electron chi connectivity index (χ2n) is 9.60. The van der Waals surface area contributed by atoms with Gasteiger partial charge in [-0.15, -0.1) is 11.3 Å². The number of hydrogen-bond donors (Lipinski definition) is 0. The number of hydrogen-bond acceptors (Lipinski definition) is 5. The Morgan fingerprint density at radius 2 is 1.68 bits per heavy atom. The molecule has 5 nitrogen and oxygen atoms in total. The largest absolute Gasteiger partial charge is 0.454 e. The molecule has 0 saturated carbocycles. The van der Waals surface area contributed by atoms with Gasteiger partial charge in [0.05, 0.1) is 18.0 Å². The van der Waals surface area contributed by atoms with Gasteiger partial charge in [-0.05, 0) is 29.1 Å². The summed E-state index contributed by atoms with van der Waals surface area (Å²) in [6.07, 6.45) is 1.85. The van der Waals surface area contributed by atoms with Crippen molar-refractivity contribution in [3.8, 4) is 0 Å². The van der Waals surface area contributed by atoms with Crippen LogP contribution in [0.5, 0.6) is 0 Å². The third kappa shape index (κ3) is 4.65. The molecule has 6 heteroatoms. The van der Waals surface area contributed by atoms with Gasteiger partial charge in [-0.3, -0.25) is 4.79 Å². The molecule has 6 rings (SSSR count). The van der Waals surface area contributed by atoms with E-state index in [0.29, 0.717) is 12.5 Å². The van der Waals surface area contributed by atoms with Crippen molar-refractivity contribution in [2.24, 2.45) is 5.92 Å². The van der Waals surface area contributed by atoms with E-state index in [9.17, 15) is 9.59 Å². The zero-order chi connectivity index (χ0) is 23.5. The molecule has 0 aliphatic carbocycles. The predicted molar refractivity (Wildman–Crippen MR) is 135 cm³/mol. The van der Waals surface area contributed by atoms with Crippen LogP contribution < -0.4 is 4.90 Å². The highest BCUT2D eigenvalue weighted by atomic mass is 32.1. The molecule has 3 fully saturated rings. The molecule has 176 valence electrons. The Bertz CT molecular complexity index is 1110. The van der Waals surface area contributed by atoms with Crippen LogP contribution in [0.1, 0.15) is 34.1 Å². The Morgan fingerprint density at radius 1 is 1.00 bits per heavy atom. The Labute approximate surface area is 205 Å². The zero-order valence-electron chi connectivity index (χ0n) is 19.5. The number of likely N-dealkylation sites (N-methyl/N-ethyl adjacent to an activating group) is 1. The maximum absolute atomic E-state index is 13.7. The zero-order valence-corrected chi connectivity index (χ0v) is 20.3. The highest BCUT2D eigenvalue weighted by molar-refractivity contribution is 7.12. The first-order valence-electron chi connectivity index (χ1n) is 12.0. The van der Waals surface area contributed by atoms with Crippen LogP contribution in [-0.2, 0) is 9.53 Å². The second kappa shape index (κ2) is 9.72. The Morgan fingerprint density at radius 3 is 2.32 bits per heavy atom. The minimum absolute atomic E-state index is 0.151. The first-order valence-corrected chi connectivity index (χ1v) is 12.9. The third-order valence-electron chi connectivity index (χ3n) is 7.47. The van der Waals surface area contributed by atoms with E-state index in [-0.39, 0.29) is 17.9 Å². The molecule has 4 heterocycles. The molecule has 3 aliphatic rings. The summed E-state index contributed by atoms with van der Waals surface area (Å²) in [5.41, 5.74) is 1.88. The molecule has 0 spiro atoms. The van der Waals surface area contributed by atoms with E-state index < -0.39 is 6.04 Å². The lowest BCUT2D eigenvalue weighted by Gasteiger charge is -2.51. The van der Waals surface area contributed by atoms with Crippen LogP contribution >= 0.6 is 11.3 Å². The summed E-state index contributed by atoms with van der Waals surface area (Å²) in [5, 5.41) is 1.95. The lowest BCUT2D eigenvalue weighted by molar-refractivity contribution is -0.938. The van der Waals surface area contributed by atoms with Gasteiger partial charge >= 0.3 is 5.97 Å². The summed E-state index contributed by atoms with van der Waals surface area (Å²) in [6.45, 7) is 3.20. The van der Waals surface area contributed by atoms with Gasteiger partial charge in [0, 0.05) is 31.5 Å². The van der Waals surface area contributed by atoms with E-state index >= 15 is 0 Å². The number of piperidine rings is 3. The van der Waals surface area contributed by atoms with Crippen molar-refractivity contribution in [2.75, 3.05) is 38.1 Å². The topological polar surface area (TPSA) is 46.6 Å². The predicted octanol–water partition coefficient (Wildman–Crippen LogP) is 4.96. The standard InChI is InChI=1S/C28H31N2O3S/c1-29(23-11-6-3-7-12-23)27(22-9-4-2-5-10-22)28(32)33-25-20-30(16-14-21(25)15-17-30)19-24(31)26-13-8-18-34-26/h2-13,18,21,25,27H,14-17,19-20H2,1H3/q+1/t21?,25-,27?,30?/m0/s1. The number of carbonyl (C=O) groups is 2. The number of carbonyl (C=O) groups excluding carboxylic acids is 2. The van der Waals surface area contributed by atoms with Crippen LogP contribution in [0.3, 0.4) is 0 Å². The number of esters is 1. The molecular weight excluding hydrogens is 444 g/mol. The fraction of sp³-hybridized carbons (Fsp3) is 0.357. The molecule has 34 heavy (non-hydrogen) atoms. The van der Waals surface area contributed by atoms with Gasteiger partial charge in [-0.25, -0.2) is 4.79 Å². The van der Waals surface area contributed by atoms with Crippen molar-refractivity contribution in [3.05, 3.63) is 88.6 Å². The van der Waals surface area contributed by atoms with Gasteiger partial charge in [0.15, 0.2) is 12.1 Å². The van der Waals surface area contributed by atoms with Crippen LogP contribution in [0.15, 0.2) is 78.2 Å². The monoisotopic (exact) mass is 475 g/mol. The molecule has 1 unspecified atom stereocenters. The molecule has 2 bridgehead atoms. The molecular formula is C28H31N2O3S+. The van der Waals surface area contributed by atoms with Crippen LogP contribution in [0, 0.1) is 5.92 Å². The van der Waals surface area contributed by atoms with Crippen molar-refractivity contribution in [3.63, 3.8) is 0 Å². The SMILES string of the molecule is CN(c1ccccc1)C(C(=O)O[C@H]1C[N+]2(CC(=O)c3cccs3)CCC1CC2)c1ccccc1. The third-order valence-corrected chi connectivity index (χ3v) is 8.38. The van der Waals surface area contributed by atoms with Crippen molar-refractivity contribution in [1.82, 2.24) is 0 Å². The molecule has 2 atom stereocenters. The summed E-state index contributed by atoms with van der Waals surface area (Å²) in [5.74, 6) is 0.352. The number of ether oxygens (including phenoxy) is 1. The van der Waals surface area contributed by atoms with Crippen molar-refractivity contribution < 1.29 is 18.8 Å². The van der Waals surface area contributed by atoms with Crippen molar-refractivity contribution >= 4 is 28.8 Å². The van der Waals surface area contributed by atoms with Crippen LogP contribution in [0.25, 0.3) is 0 Å². The van der Waals surface area contributed by atoms with Gasteiger partial charge in [0.1, 0.15) is 13.1 Å². The van der Waals surface area contributed by atoms with Gasteiger partial charge in [0.25, 0.3) is 0 Å². The fourth-order valence-corrected chi connectivity index (χ4v) is 6.23. The van der Waals surface area contributed by atoms with Gasteiger partial charge in [-0.1, -0.05) is 54.6 Å². The highest BCUT2D eigenvalue weighted by Gasteiger charge is 2.49. The summed E-state index contributed by atoms with van der Waals surface area (Å²) < 4.78 is 7.01. The lowest BCUT2D eigenvalue weighted by atomic mass is 9.83. The first-order chi connectivity index (χ1) is 16.5. The Balaban J connectivity index is 1.34. The fourth-order valence-electron chi connectivity index (χ4n) is 5.58. The number of ketones is 1. The van der Waals surface area contributed by atoms with Gasteiger partial charge in [-0.2, -0.15) is 0 Å². The summed E-state index contributed by atoms with van der Waals surface area (Å²) in [6, 6.07) is 23.1. The van der Waals surface area contributed by atoms with Gasteiger partial charge < -0.3 is 14.1 Å². The number of thiophene rings is 1. The normalized spacial score (nSPS) is 24.4. The average molecular weight is 476 g/mol. The van der Waals surface area contributed by atoms with Crippen molar-refractivity contribution in [2.45, 2.75) is 25.0 Å². The van der Waals surface area contributed by atoms with E-state index in [0.717, 1.165) is 53.1 Å². The van der Waals surface area contributed by atoms with Crippen LogP contribution in [0.4, 0.5) is 5.69 Å². The first kappa shape index (κ1) is 22.8. The molecule has 3 aromatic rings. The quantitative estimate of drug-likeness (QED) is 0.262. The minimum atomic E-state index is -0.528. The molecule has 0 amide bonds. The Hall–Kier alpha value is -2.96. The highest BCUT2D eigenvalue weighted by Crippen LogP contribution is 2.37. The number of para-hydroxylation sites is 1. The molecule has 1 aromatic heterocycles. The van der Waals surface area contributed by atoms with Gasteiger partial charge in [0.2, 0.25) is 5.78 Å². The number of nitrogens with zero attached hydrogens (tertiary/aromatic N) is 2. The molecule has 0 N–H and O–H groups in total. The maximum Gasteiger partial charge on any atom is 0.333 e. The number of benzene rings is 2. The number of fused-ring (bicyclic) bond motifs is 3. The molecule has 0 radical (unpaired) electrons. The molecule has 3 aliphatic heterocycles. The summed E-state index contributed by atoms with van der Waals surface area (Å²) in [4.78, 5) is 29.4. The number of Topliss-reactive ketones (excluding diaryl/α,β-unsaturated/α-hetero) is 1. The Kier molecular flexibility index (Phi) is 6.53. The average Bonchev–Trinajstić information content (AvgIpc) is 3.41.